The molecule has 0 aliphatic heterocycles. The number of aliphatic carboxylic acids is 1. The van der Waals surface area contributed by atoms with Gasteiger partial charge >= 0.3 is 5.97 Å². The standard InChI is InChI=1S/C10H19NO5S/c1-2-17(15,16)8-7-11-9(12)5-3-4-6-10(13)14/h2-8H2,1H3,(H,11,12)(H,13,14). The van der Waals surface area contributed by atoms with Gasteiger partial charge in [-0.15, -0.1) is 0 Å². The van der Waals surface area contributed by atoms with Crippen LogP contribution in [0.2, 0.25) is 0 Å². The third-order valence-corrected chi connectivity index (χ3v) is 3.93. The summed E-state index contributed by atoms with van der Waals surface area (Å²) >= 11 is 0. The van der Waals surface area contributed by atoms with Gasteiger partial charge in [0.15, 0.2) is 9.84 Å². The van der Waals surface area contributed by atoms with E-state index in [9.17, 15) is 18.0 Å². The molecule has 1 amide bonds. The van der Waals surface area contributed by atoms with Crippen LogP contribution in [0.5, 0.6) is 0 Å². The van der Waals surface area contributed by atoms with Crippen molar-refractivity contribution in [2.24, 2.45) is 0 Å². The van der Waals surface area contributed by atoms with Gasteiger partial charge < -0.3 is 10.4 Å². The Bertz CT molecular complexity index is 350. The first-order chi connectivity index (χ1) is 7.87. The van der Waals surface area contributed by atoms with Gasteiger partial charge in [-0.25, -0.2) is 8.42 Å². The molecular formula is C10H19NO5S. The fourth-order valence-electron chi connectivity index (χ4n) is 1.14. The minimum atomic E-state index is -3.04. The highest BCUT2D eigenvalue weighted by atomic mass is 32.2. The molecule has 0 fully saturated rings. The molecule has 0 saturated heterocycles. The quantitative estimate of drug-likeness (QED) is 0.579. The Hall–Kier alpha value is -1.11. The number of hydrogen-bond acceptors (Lipinski definition) is 4. The maximum atomic E-state index is 11.2. The molecule has 0 radical (unpaired) electrons. The molecule has 0 aliphatic rings. The number of carbonyl (C=O) groups is 2. The summed E-state index contributed by atoms with van der Waals surface area (Å²) in [6.45, 7) is 1.68. The normalized spacial score (nSPS) is 11.1. The van der Waals surface area contributed by atoms with Crippen LogP contribution in [-0.4, -0.2) is 43.5 Å². The lowest BCUT2D eigenvalue weighted by molar-refractivity contribution is -0.137. The van der Waals surface area contributed by atoms with Gasteiger partial charge in [0, 0.05) is 25.1 Å². The molecule has 7 heteroatoms. The third kappa shape index (κ3) is 9.80. The van der Waals surface area contributed by atoms with Crippen molar-refractivity contribution in [3.05, 3.63) is 0 Å². The van der Waals surface area contributed by atoms with Gasteiger partial charge in [-0.1, -0.05) is 6.92 Å². The number of carbonyl (C=O) groups excluding carboxylic acids is 1. The smallest absolute Gasteiger partial charge is 0.303 e. The second-order valence-electron chi connectivity index (χ2n) is 3.69. The molecule has 17 heavy (non-hydrogen) atoms. The van der Waals surface area contributed by atoms with Crippen LogP contribution >= 0.6 is 0 Å². The van der Waals surface area contributed by atoms with Gasteiger partial charge in [0.05, 0.1) is 5.75 Å². The number of hydrogen-bond donors (Lipinski definition) is 2. The molecule has 0 bridgehead atoms. The average molecular weight is 265 g/mol. The first kappa shape index (κ1) is 15.9. The largest absolute Gasteiger partial charge is 0.481 e. The van der Waals surface area contributed by atoms with Crippen LogP contribution < -0.4 is 5.32 Å². The van der Waals surface area contributed by atoms with Gasteiger partial charge in [0.1, 0.15) is 0 Å². The Kier molecular flexibility index (Phi) is 7.53. The summed E-state index contributed by atoms with van der Waals surface area (Å²) in [4.78, 5) is 21.4. The van der Waals surface area contributed by atoms with E-state index in [1.54, 1.807) is 6.92 Å². The highest BCUT2D eigenvalue weighted by Gasteiger charge is 2.08. The van der Waals surface area contributed by atoms with Crippen molar-refractivity contribution >= 4 is 21.7 Å². The lowest BCUT2D eigenvalue weighted by Gasteiger charge is -2.04. The van der Waals surface area contributed by atoms with E-state index < -0.39 is 15.8 Å². The molecule has 0 aromatic heterocycles. The van der Waals surface area contributed by atoms with Crippen molar-refractivity contribution in [2.75, 3.05) is 18.1 Å². The third-order valence-electron chi connectivity index (χ3n) is 2.22. The second-order valence-corrected chi connectivity index (χ2v) is 6.16. The Morgan fingerprint density at radius 1 is 1.18 bits per heavy atom. The van der Waals surface area contributed by atoms with Crippen molar-refractivity contribution in [3.63, 3.8) is 0 Å². The number of rotatable bonds is 9. The van der Waals surface area contributed by atoms with E-state index in [0.29, 0.717) is 12.8 Å². The molecule has 6 nitrogen and oxygen atoms in total. The molecule has 0 atom stereocenters. The predicted molar refractivity (Wildman–Crippen MR) is 63.4 cm³/mol. The van der Waals surface area contributed by atoms with Gasteiger partial charge in [0.25, 0.3) is 0 Å². The van der Waals surface area contributed by atoms with Crippen LogP contribution in [0, 0.1) is 0 Å². The Labute approximate surface area is 101 Å². The highest BCUT2D eigenvalue weighted by molar-refractivity contribution is 7.91. The molecule has 0 aromatic rings. The van der Waals surface area contributed by atoms with Crippen LogP contribution in [0.1, 0.15) is 32.6 Å². The number of carboxylic acids is 1. The molecule has 0 unspecified atom stereocenters. The maximum absolute atomic E-state index is 11.2. The molecule has 0 aromatic carbocycles. The van der Waals surface area contributed by atoms with E-state index in [1.165, 1.54) is 0 Å². The van der Waals surface area contributed by atoms with Crippen LogP contribution in [0.3, 0.4) is 0 Å². The maximum Gasteiger partial charge on any atom is 0.303 e. The topological polar surface area (TPSA) is 101 Å². The van der Waals surface area contributed by atoms with Crippen molar-refractivity contribution in [1.82, 2.24) is 5.32 Å². The number of amides is 1. The van der Waals surface area contributed by atoms with Crippen molar-refractivity contribution in [2.45, 2.75) is 32.6 Å². The van der Waals surface area contributed by atoms with Crippen molar-refractivity contribution in [1.29, 1.82) is 0 Å². The summed E-state index contributed by atoms with van der Waals surface area (Å²) in [5.41, 5.74) is 0. The van der Waals surface area contributed by atoms with Gasteiger partial charge in [0.2, 0.25) is 5.91 Å². The number of nitrogens with one attached hydrogen (secondary N) is 1. The van der Waals surface area contributed by atoms with E-state index in [0.717, 1.165) is 0 Å². The first-order valence-electron chi connectivity index (χ1n) is 5.56. The zero-order chi connectivity index (χ0) is 13.3. The molecule has 0 aliphatic carbocycles. The minimum Gasteiger partial charge on any atom is -0.481 e. The van der Waals surface area contributed by atoms with E-state index in [4.69, 9.17) is 5.11 Å². The van der Waals surface area contributed by atoms with Crippen molar-refractivity contribution < 1.29 is 23.1 Å². The minimum absolute atomic E-state index is 0.0512. The molecular weight excluding hydrogens is 246 g/mol. The molecule has 0 saturated carbocycles. The summed E-state index contributed by atoms with van der Waals surface area (Å²) in [6.07, 6.45) is 1.24. The molecule has 100 valence electrons. The summed E-state index contributed by atoms with van der Waals surface area (Å²) in [7, 11) is -3.04. The lowest BCUT2D eigenvalue weighted by Crippen LogP contribution is -2.29. The fraction of sp³-hybridized carbons (Fsp3) is 0.800. The fourth-order valence-corrected chi connectivity index (χ4v) is 1.84. The zero-order valence-corrected chi connectivity index (χ0v) is 10.8. The number of sulfone groups is 1. The number of carboxylic acid groups (broad SMARTS) is 1. The monoisotopic (exact) mass is 265 g/mol. The van der Waals surface area contributed by atoms with Crippen LogP contribution in [0.15, 0.2) is 0 Å². The van der Waals surface area contributed by atoms with Crippen LogP contribution in [0.25, 0.3) is 0 Å². The van der Waals surface area contributed by atoms with Gasteiger partial charge in [-0.05, 0) is 12.8 Å². The predicted octanol–water partition coefficient (Wildman–Crippen LogP) is 0.182. The zero-order valence-electron chi connectivity index (χ0n) is 9.94. The summed E-state index contributed by atoms with van der Waals surface area (Å²) in [5.74, 6) is -1.09. The van der Waals surface area contributed by atoms with Gasteiger partial charge in [-0.3, -0.25) is 9.59 Å². The second kappa shape index (κ2) is 8.05. The molecule has 0 rings (SSSR count). The molecule has 2 N–H and O–H groups in total. The van der Waals surface area contributed by atoms with Crippen molar-refractivity contribution in [3.8, 4) is 0 Å². The molecule has 0 spiro atoms. The van der Waals surface area contributed by atoms with E-state index >= 15 is 0 Å². The van der Waals surface area contributed by atoms with E-state index in [2.05, 4.69) is 5.32 Å². The lowest BCUT2D eigenvalue weighted by atomic mass is 10.2. The van der Waals surface area contributed by atoms with E-state index in [1.807, 2.05) is 0 Å². The van der Waals surface area contributed by atoms with Crippen LogP contribution in [-0.2, 0) is 19.4 Å². The van der Waals surface area contributed by atoms with Crippen LogP contribution in [0.4, 0.5) is 0 Å². The Morgan fingerprint density at radius 2 is 1.76 bits per heavy atom. The SMILES string of the molecule is CCS(=O)(=O)CCNC(=O)CCCCC(=O)O. The Morgan fingerprint density at radius 3 is 2.29 bits per heavy atom. The summed E-state index contributed by atoms with van der Waals surface area (Å²) < 4.78 is 22.2. The number of unbranched alkanes of at least 4 members (excludes halogenated alkanes) is 1. The summed E-state index contributed by atoms with van der Waals surface area (Å²) in [5, 5.41) is 10.9. The first-order valence-corrected chi connectivity index (χ1v) is 7.38. The Balaban J connectivity index is 3.57. The average Bonchev–Trinajstić information content (AvgIpc) is 2.24. The summed E-state index contributed by atoms with van der Waals surface area (Å²) in [6, 6.07) is 0. The molecule has 0 heterocycles. The highest BCUT2D eigenvalue weighted by Crippen LogP contribution is 1.99. The van der Waals surface area contributed by atoms with Gasteiger partial charge in [-0.2, -0.15) is 0 Å². The van der Waals surface area contributed by atoms with E-state index in [-0.39, 0.29) is 36.8 Å².